The number of nitrogens with zero attached hydrogens (tertiary/aromatic N) is 1. The Kier molecular flexibility index (Phi) is 4.27. The van der Waals surface area contributed by atoms with Gasteiger partial charge < -0.3 is 15.0 Å². The summed E-state index contributed by atoms with van der Waals surface area (Å²) in [7, 11) is 0. The van der Waals surface area contributed by atoms with Crippen LogP contribution in [-0.2, 0) is 13.1 Å². The quantitative estimate of drug-likeness (QED) is 0.761. The molecule has 0 fully saturated rings. The first kappa shape index (κ1) is 14.2. The Bertz CT molecular complexity index is 751. The van der Waals surface area contributed by atoms with E-state index in [1.54, 1.807) is 0 Å². The number of benzene rings is 2. The van der Waals surface area contributed by atoms with Gasteiger partial charge in [0.2, 0.25) is 0 Å². The number of ether oxygens (including phenoxy) is 1. The smallest absolute Gasteiger partial charge is 0.120 e. The zero-order chi connectivity index (χ0) is 14.7. The van der Waals surface area contributed by atoms with E-state index < -0.39 is 0 Å². The average molecular weight is 345 g/mol. The van der Waals surface area contributed by atoms with Crippen LogP contribution in [0.25, 0.3) is 10.9 Å². The maximum absolute atomic E-state index is 5.83. The van der Waals surface area contributed by atoms with Crippen LogP contribution >= 0.6 is 15.9 Å². The summed E-state index contributed by atoms with van der Waals surface area (Å²) >= 11 is 3.45. The van der Waals surface area contributed by atoms with Crippen LogP contribution in [0.1, 0.15) is 5.56 Å². The second kappa shape index (κ2) is 6.33. The fourth-order valence-corrected chi connectivity index (χ4v) is 2.89. The van der Waals surface area contributed by atoms with Crippen molar-refractivity contribution in [1.82, 2.24) is 4.57 Å². The SMILES string of the molecule is NCc1cccc2ccn(CCOc3cccc(Br)c3)c12. The molecule has 108 valence electrons. The molecule has 2 N–H and O–H groups in total. The summed E-state index contributed by atoms with van der Waals surface area (Å²) in [4.78, 5) is 0. The van der Waals surface area contributed by atoms with Gasteiger partial charge in [0.1, 0.15) is 12.4 Å². The lowest BCUT2D eigenvalue weighted by atomic mass is 10.1. The molecule has 0 aliphatic rings. The molecule has 0 bridgehead atoms. The number of aromatic nitrogens is 1. The highest BCUT2D eigenvalue weighted by atomic mass is 79.9. The molecule has 0 radical (unpaired) electrons. The third kappa shape index (κ3) is 3.12. The van der Waals surface area contributed by atoms with Crippen LogP contribution in [-0.4, -0.2) is 11.2 Å². The Morgan fingerprint density at radius 3 is 2.76 bits per heavy atom. The van der Waals surface area contributed by atoms with Crippen LogP contribution in [0.3, 0.4) is 0 Å². The van der Waals surface area contributed by atoms with Crippen molar-refractivity contribution in [1.29, 1.82) is 0 Å². The Morgan fingerprint density at radius 2 is 1.95 bits per heavy atom. The van der Waals surface area contributed by atoms with Gasteiger partial charge in [-0.25, -0.2) is 0 Å². The largest absolute Gasteiger partial charge is 0.492 e. The molecule has 3 nitrogen and oxygen atoms in total. The van der Waals surface area contributed by atoms with E-state index in [-0.39, 0.29) is 0 Å². The summed E-state index contributed by atoms with van der Waals surface area (Å²) in [6.45, 7) is 1.97. The first-order valence-corrected chi connectivity index (χ1v) is 7.72. The predicted octanol–water partition coefficient (Wildman–Crippen LogP) is 3.94. The molecule has 0 aliphatic carbocycles. The number of hydrogen-bond donors (Lipinski definition) is 1. The molecule has 0 aliphatic heterocycles. The minimum absolute atomic E-state index is 0.549. The highest BCUT2D eigenvalue weighted by Crippen LogP contribution is 2.21. The molecule has 4 heteroatoms. The summed E-state index contributed by atoms with van der Waals surface area (Å²) in [5.74, 6) is 0.875. The molecule has 0 atom stereocenters. The summed E-state index contributed by atoms with van der Waals surface area (Å²) in [5.41, 5.74) is 8.20. The molecule has 2 aromatic carbocycles. The van der Waals surface area contributed by atoms with Crippen molar-refractivity contribution in [2.24, 2.45) is 5.73 Å². The molecule has 0 saturated heterocycles. The number of rotatable bonds is 5. The van der Waals surface area contributed by atoms with Crippen LogP contribution < -0.4 is 10.5 Å². The van der Waals surface area contributed by atoms with E-state index in [4.69, 9.17) is 10.5 Å². The van der Waals surface area contributed by atoms with Gasteiger partial charge in [0, 0.05) is 17.2 Å². The maximum atomic E-state index is 5.83. The minimum atomic E-state index is 0.549. The third-order valence-corrected chi connectivity index (χ3v) is 3.98. The first-order valence-electron chi connectivity index (χ1n) is 6.93. The Hall–Kier alpha value is -1.78. The lowest BCUT2D eigenvalue weighted by Crippen LogP contribution is -2.09. The van der Waals surface area contributed by atoms with Crippen LogP contribution in [0.5, 0.6) is 5.75 Å². The zero-order valence-corrected chi connectivity index (χ0v) is 13.2. The van der Waals surface area contributed by atoms with Crippen molar-refractivity contribution >= 4 is 26.8 Å². The molecular formula is C17H17BrN2O. The zero-order valence-electron chi connectivity index (χ0n) is 11.6. The van der Waals surface area contributed by atoms with Gasteiger partial charge in [0.15, 0.2) is 0 Å². The van der Waals surface area contributed by atoms with Crippen molar-refractivity contribution in [2.45, 2.75) is 13.1 Å². The molecule has 3 rings (SSSR count). The van der Waals surface area contributed by atoms with Crippen molar-refractivity contribution in [3.63, 3.8) is 0 Å². The van der Waals surface area contributed by atoms with E-state index in [0.29, 0.717) is 13.2 Å². The number of hydrogen-bond acceptors (Lipinski definition) is 2. The van der Waals surface area contributed by atoms with Gasteiger partial charge in [-0.3, -0.25) is 0 Å². The number of nitrogens with two attached hydrogens (primary N) is 1. The second-order valence-corrected chi connectivity index (χ2v) is 5.79. The second-order valence-electron chi connectivity index (χ2n) is 4.87. The van der Waals surface area contributed by atoms with Crippen molar-refractivity contribution in [3.05, 3.63) is 64.8 Å². The predicted molar refractivity (Wildman–Crippen MR) is 89.5 cm³/mol. The number of halogens is 1. The normalized spacial score (nSPS) is 11.0. The number of para-hydroxylation sites is 1. The average Bonchev–Trinajstić information content (AvgIpc) is 2.91. The van der Waals surface area contributed by atoms with Gasteiger partial charge in [-0.05, 0) is 35.2 Å². The van der Waals surface area contributed by atoms with Gasteiger partial charge in [-0.15, -0.1) is 0 Å². The number of fused-ring (bicyclic) bond motifs is 1. The topological polar surface area (TPSA) is 40.2 Å². The van der Waals surface area contributed by atoms with Gasteiger partial charge in [0.25, 0.3) is 0 Å². The highest BCUT2D eigenvalue weighted by molar-refractivity contribution is 9.10. The van der Waals surface area contributed by atoms with Crippen molar-refractivity contribution in [2.75, 3.05) is 6.61 Å². The minimum Gasteiger partial charge on any atom is -0.492 e. The van der Waals surface area contributed by atoms with E-state index >= 15 is 0 Å². The summed E-state index contributed by atoms with van der Waals surface area (Å²) < 4.78 is 9.03. The standard InChI is InChI=1S/C17H17BrN2O/c18-15-5-2-6-16(11-15)21-10-9-20-8-7-13-3-1-4-14(12-19)17(13)20/h1-8,11H,9-10,12,19H2. The maximum Gasteiger partial charge on any atom is 0.120 e. The lowest BCUT2D eigenvalue weighted by Gasteiger charge is -2.10. The summed E-state index contributed by atoms with van der Waals surface area (Å²) in [6, 6.07) is 16.2. The highest BCUT2D eigenvalue weighted by Gasteiger charge is 2.05. The first-order chi connectivity index (χ1) is 10.3. The van der Waals surface area contributed by atoms with Gasteiger partial charge in [-0.1, -0.05) is 40.2 Å². The van der Waals surface area contributed by atoms with E-state index in [9.17, 15) is 0 Å². The fourth-order valence-electron chi connectivity index (χ4n) is 2.51. The van der Waals surface area contributed by atoms with Gasteiger partial charge >= 0.3 is 0 Å². The van der Waals surface area contributed by atoms with Gasteiger partial charge in [-0.2, -0.15) is 0 Å². The van der Waals surface area contributed by atoms with E-state index in [1.165, 1.54) is 16.5 Å². The molecule has 0 amide bonds. The fraction of sp³-hybridized carbons (Fsp3) is 0.176. The Balaban J connectivity index is 1.74. The third-order valence-electron chi connectivity index (χ3n) is 3.49. The molecule has 21 heavy (non-hydrogen) atoms. The monoisotopic (exact) mass is 344 g/mol. The Morgan fingerprint density at radius 1 is 1.10 bits per heavy atom. The molecule has 0 spiro atoms. The van der Waals surface area contributed by atoms with E-state index in [0.717, 1.165) is 16.8 Å². The van der Waals surface area contributed by atoms with Gasteiger partial charge in [0.05, 0.1) is 12.1 Å². The Labute approximate surface area is 132 Å². The molecular weight excluding hydrogens is 328 g/mol. The molecule has 0 unspecified atom stereocenters. The van der Waals surface area contributed by atoms with E-state index in [1.807, 2.05) is 30.3 Å². The van der Waals surface area contributed by atoms with Crippen LogP contribution in [0.4, 0.5) is 0 Å². The van der Waals surface area contributed by atoms with Crippen molar-refractivity contribution in [3.8, 4) is 5.75 Å². The van der Waals surface area contributed by atoms with Crippen molar-refractivity contribution < 1.29 is 4.74 Å². The summed E-state index contributed by atoms with van der Waals surface area (Å²) in [6.07, 6.45) is 2.09. The molecule has 0 saturated carbocycles. The van der Waals surface area contributed by atoms with Crippen LogP contribution in [0.2, 0.25) is 0 Å². The van der Waals surface area contributed by atoms with Crippen LogP contribution in [0, 0.1) is 0 Å². The summed E-state index contributed by atoms with van der Waals surface area (Å²) in [5, 5.41) is 1.22. The van der Waals surface area contributed by atoms with Crippen LogP contribution in [0.15, 0.2) is 59.2 Å². The molecule has 1 aromatic heterocycles. The molecule has 1 heterocycles. The molecule has 3 aromatic rings. The van der Waals surface area contributed by atoms with E-state index in [2.05, 4.69) is 44.9 Å². The lowest BCUT2D eigenvalue weighted by molar-refractivity contribution is 0.300.